The van der Waals surface area contributed by atoms with Gasteiger partial charge in [-0.2, -0.15) is 0 Å². The lowest BCUT2D eigenvalue weighted by molar-refractivity contribution is -0.0888. The average molecular weight is 245 g/mol. The van der Waals surface area contributed by atoms with Gasteiger partial charge in [-0.25, -0.2) is 0 Å². The SMILES string of the molecule is CCC(C)(CC)CC(O)CC(C)(C)OC(C)N. The minimum atomic E-state index is -0.365. The van der Waals surface area contributed by atoms with Crippen LogP contribution >= 0.6 is 0 Å². The van der Waals surface area contributed by atoms with Crippen molar-refractivity contribution < 1.29 is 9.84 Å². The Morgan fingerprint density at radius 3 is 1.94 bits per heavy atom. The number of hydrogen-bond acceptors (Lipinski definition) is 3. The van der Waals surface area contributed by atoms with E-state index in [0.29, 0.717) is 6.42 Å². The summed E-state index contributed by atoms with van der Waals surface area (Å²) >= 11 is 0. The Morgan fingerprint density at radius 2 is 1.59 bits per heavy atom. The largest absolute Gasteiger partial charge is 0.393 e. The molecule has 2 unspecified atom stereocenters. The molecule has 0 saturated heterocycles. The zero-order valence-electron chi connectivity index (χ0n) is 12.4. The molecule has 0 aliphatic heterocycles. The molecule has 0 amide bonds. The second-order valence-electron chi connectivity index (χ2n) is 6.16. The fourth-order valence-corrected chi connectivity index (χ4v) is 2.30. The van der Waals surface area contributed by atoms with Crippen molar-refractivity contribution in [3.63, 3.8) is 0 Å². The van der Waals surface area contributed by atoms with Crippen LogP contribution in [0.3, 0.4) is 0 Å². The van der Waals surface area contributed by atoms with Gasteiger partial charge >= 0.3 is 0 Å². The summed E-state index contributed by atoms with van der Waals surface area (Å²) < 4.78 is 5.61. The summed E-state index contributed by atoms with van der Waals surface area (Å²) in [5, 5.41) is 10.2. The van der Waals surface area contributed by atoms with Gasteiger partial charge in [-0.05, 0) is 32.6 Å². The Balaban J connectivity index is 4.29. The molecule has 17 heavy (non-hydrogen) atoms. The lowest BCUT2D eigenvalue weighted by Crippen LogP contribution is -2.38. The van der Waals surface area contributed by atoms with E-state index in [4.69, 9.17) is 10.5 Å². The molecule has 3 nitrogen and oxygen atoms in total. The average Bonchev–Trinajstić information content (AvgIpc) is 2.14. The minimum Gasteiger partial charge on any atom is -0.393 e. The summed E-state index contributed by atoms with van der Waals surface area (Å²) in [5.41, 5.74) is 5.49. The maximum atomic E-state index is 10.2. The second-order valence-corrected chi connectivity index (χ2v) is 6.16. The molecule has 0 aliphatic rings. The minimum absolute atomic E-state index is 0.226. The zero-order valence-corrected chi connectivity index (χ0v) is 12.4. The molecule has 0 fully saturated rings. The van der Waals surface area contributed by atoms with Crippen LogP contribution in [0, 0.1) is 5.41 Å². The van der Waals surface area contributed by atoms with Gasteiger partial charge in [0.1, 0.15) is 6.23 Å². The van der Waals surface area contributed by atoms with Crippen LogP contribution in [0.2, 0.25) is 0 Å². The molecule has 0 aromatic heterocycles. The van der Waals surface area contributed by atoms with Crippen molar-refractivity contribution in [2.45, 2.75) is 85.2 Å². The summed E-state index contributed by atoms with van der Waals surface area (Å²) in [6.07, 6.45) is 3.02. The molecule has 104 valence electrons. The molecule has 0 rings (SSSR count). The lowest BCUT2D eigenvalue weighted by atomic mass is 9.78. The number of hydrogen-bond donors (Lipinski definition) is 2. The molecule has 0 heterocycles. The maximum absolute atomic E-state index is 10.2. The van der Waals surface area contributed by atoms with E-state index < -0.39 is 0 Å². The Morgan fingerprint density at radius 1 is 1.12 bits per heavy atom. The van der Waals surface area contributed by atoms with Gasteiger partial charge < -0.3 is 15.6 Å². The molecule has 0 aromatic carbocycles. The van der Waals surface area contributed by atoms with Crippen LogP contribution in [0.4, 0.5) is 0 Å². The highest BCUT2D eigenvalue weighted by Crippen LogP contribution is 2.33. The van der Waals surface area contributed by atoms with Gasteiger partial charge in [0.15, 0.2) is 0 Å². The zero-order chi connectivity index (χ0) is 13.7. The highest BCUT2D eigenvalue weighted by atomic mass is 16.5. The normalized spacial score (nSPS) is 16.9. The van der Waals surface area contributed by atoms with Crippen LogP contribution in [0.15, 0.2) is 0 Å². The summed E-state index contributed by atoms with van der Waals surface area (Å²) in [6, 6.07) is 0. The van der Waals surface area contributed by atoms with E-state index in [9.17, 15) is 5.11 Å². The van der Waals surface area contributed by atoms with Gasteiger partial charge in [0.05, 0.1) is 11.7 Å². The van der Waals surface area contributed by atoms with Gasteiger partial charge in [0.25, 0.3) is 0 Å². The Labute approximate surface area is 107 Å². The number of nitrogens with two attached hydrogens (primary N) is 1. The number of ether oxygens (including phenoxy) is 1. The standard InChI is InChI=1S/C14H31NO2/c1-7-14(6,8-2)10-12(16)9-13(4,5)17-11(3)15/h11-12,16H,7-10,15H2,1-6H3. The van der Waals surface area contributed by atoms with Crippen LogP contribution < -0.4 is 5.73 Å². The topological polar surface area (TPSA) is 55.5 Å². The molecule has 3 heteroatoms. The Hall–Kier alpha value is -0.120. The van der Waals surface area contributed by atoms with Crippen molar-refractivity contribution >= 4 is 0 Å². The Bertz CT molecular complexity index is 210. The third-order valence-corrected chi connectivity index (χ3v) is 3.67. The first kappa shape index (κ1) is 16.9. The first-order chi connectivity index (χ1) is 7.64. The van der Waals surface area contributed by atoms with Crippen LogP contribution in [0.25, 0.3) is 0 Å². The summed E-state index contributed by atoms with van der Waals surface area (Å²) in [6.45, 7) is 12.4. The van der Waals surface area contributed by atoms with Crippen molar-refractivity contribution in [2.24, 2.45) is 11.1 Å². The summed E-state index contributed by atoms with van der Waals surface area (Å²) in [7, 11) is 0. The highest BCUT2D eigenvalue weighted by molar-refractivity contribution is 4.80. The van der Waals surface area contributed by atoms with Crippen molar-refractivity contribution in [3.8, 4) is 0 Å². The van der Waals surface area contributed by atoms with Crippen LogP contribution in [0.1, 0.15) is 67.2 Å². The van der Waals surface area contributed by atoms with E-state index in [1.165, 1.54) is 0 Å². The quantitative estimate of drug-likeness (QED) is 0.646. The van der Waals surface area contributed by atoms with Crippen molar-refractivity contribution in [3.05, 3.63) is 0 Å². The van der Waals surface area contributed by atoms with Gasteiger partial charge in [-0.1, -0.05) is 33.6 Å². The number of aliphatic hydroxyl groups is 1. The molecule has 0 bridgehead atoms. The second kappa shape index (κ2) is 6.72. The number of aliphatic hydroxyl groups excluding tert-OH is 1. The third-order valence-electron chi connectivity index (χ3n) is 3.67. The van der Waals surface area contributed by atoms with E-state index in [1.54, 1.807) is 0 Å². The molecule has 0 aliphatic carbocycles. The predicted octanol–water partition coefficient (Wildman–Crippen LogP) is 3.05. The van der Waals surface area contributed by atoms with E-state index in [2.05, 4.69) is 20.8 Å². The van der Waals surface area contributed by atoms with Crippen LogP contribution in [-0.4, -0.2) is 23.0 Å². The van der Waals surface area contributed by atoms with Crippen LogP contribution in [0.5, 0.6) is 0 Å². The first-order valence-corrected chi connectivity index (χ1v) is 6.75. The van der Waals surface area contributed by atoms with Gasteiger partial charge in [-0.15, -0.1) is 0 Å². The van der Waals surface area contributed by atoms with Crippen molar-refractivity contribution in [1.29, 1.82) is 0 Å². The lowest BCUT2D eigenvalue weighted by Gasteiger charge is -2.34. The van der Waals surface area contributed by atoms with Crippen molar-refractivity contribution in [1.82, 2.24) is 0 Å². The molecule has 0 saturated carbocycles. The fraction of sp³-hybridized carbons (Fsp3) is 1.00. The molecule has 2 atom stereocenters. The van der Waals surface area contributed by atoms with Gasteiger partial charge in [-0.3, -0.25) is 0 Å². The smallest absolute Gasteiger partial charge is 0.103 e. The molecule has 3 N–H and O–H groups in total. The molecular weight excluding hydrogens is 214 g/mol. The summed E-state index contributed by atoms with van der Waals surface area (Å²) in [4.78, 5) is 0. The fourth-order valence-electron chi connectivity index (χ4n) is 2.30. The third kappa shape index (κ3) is 7.02. The van der Waals surface area contributed by atoms with Crippen molar-refractivity contribution in [2.75, 3.05) is 0 Å². The monoisotopic (exact) mass is 245 g/mol. The first-order valence-electron chi connectivity index (χ1n) is 6.75. The summed E-state index contributed by atoms with van der Waals surface area (Å²) in [5.74, 6) is 0. The molecule has 0 spiro atoms. The Kier molecular flexibility index (Phi) is 6.67. The predicted molar refractivity (Wildman–Crippen MR) is 72.7 cm³/mol. The highest BCUT2D eigenvalue weighted by Gasteiger charge is 2.29. The number of rotatable bonds is 8. The molecule has 0 radical (unpaired) electrons. The van der Waals surface area contributed by atoms with E-state index in [1.807, 2.05) is 20.8 Å². The molecular formula is C14H31NO2. The van der Waals surface area contributed by atoms with Crippen LogP contribution in [-0.2, 0) is 4.74 Å². The molecule has 0 aromatic rings. The van der Waals surface area contributed by atoms with E-state index in [-0.39, 0.29) is 23.3 Å². The van der Waals surface area contributed by atoms with Gasteiger partial charge in [0.2, 0.25) is 0 Å². The van der Waals surface area contributed by atoms with Gasteiger partial charge in [0, 0.05) is 6.42 Å². The van der Waals surface area contributed by atoms with E-state index >= 15 is 0 Å². The van der Waals surface area contributed by atoms with E-state index in [0.717, 1.165) is 19.3 Å². The maximum Gasteiger partial charge on any atom is 0.103 e.